The molecule has 2 heterocycles. The summed E-state index contributed by atoms with van der Waals surface area (Å²) in [4.78, 5) is 11.8. The quantitative estimate of drug-likeness (QED) is 0.858. The minimum Gasteiger partial charge on any atom is -0.491 e. The van der Waals surface area contributed by atoms with Crippen molar-refractivity contribution in [2.24, 2.45) is 0 Å². The maximum absolute atomic E-state index is 11.8. The van der Waals surface area contributed by atoms with Crippen molar-refractivity contribution in [3.8, 4) is 5.75 Å². The Balaban J connectivity index is 1.42. The lowest BCUT2D eigenvalue weighted by atomic mass is 10.2. The van der Waals surface area contributed by atoms with E-state index in [9.17, 15) is 4.79 Å². The van der Waals surface area contributed by atoms with Crippen LogP contribution in [-0.4, -0.2) is 25.3 Å². The van der Waals surface area contributed by atoms with E-state index in [2.05, 4.69) is 10.6 Å². The van der Waals surface area contributed by atoms with E-state index in [1.54, 1.807) is 18.6 Å². The van der Waals surface area contributed by atoms with Gasteiger partial charge >= 0.3 is 6.03 Å². The van der Waals surface area contributed by atoms with Crippen LogP contribution in [0.15, 0.2) is 47.3 Å². The maximum atomic E-state index is 11.8. The van der Waals surface area contributed by atoms with Gasteiger partial charge in [0.25, 0.3) is 0 Å². The Hall–Kier alpha value is -2.47. The van der Waals surface area contributed by atoms with Gasteiger partial charge in [-0.15, -0.1) is 0 Å². The Kier molecular flexibility index (Phi) is 5.16. The van der Waals surface area contributed by atoms with Gasteiger partial charge in [0.15, 0.2) is 0 Å². The van der Waals surface area contributed by atoms with Gasteiger partial charge in [0, 0.05) is 24.4 Å². The number of carbonyl (C=O) groups is 1. The third-order valence-electron chi connectivity index (χ3n) is 3.61. The molecule has 0 aliphatic carbocycles. The van der Waals surface area contributed by atoms with Crippen LogP contribution in [-0.2, 0) is 11.3 Å². The summed E-state index contributed by atoms with van der Waals surface area (Å²) in [7, 11) is 0. The molecular weight excluding hydrogens is 296 g/mol. The lowest BCUT2D eigenvalue weighted by Gasteiger charge is -2.12. The zero-order chi connectivity index (χ0) is 15.9. The van der Waals surface area contributed by atoms with Crippen LogP contribution < -0.4 is 15.4 Å². The van der Waals surface area contributed by atoms with Crippen LogP contribution >= 0.6 is 0 Å². The SMILES string of the molecule is O=C(NCc1ccoc1)Nc1ccc(OC[C@@H]2CCCO2)cc1. The fraction of sp³-hybridized carbons (Fsp3) is 0.353. The van der Waals surface area contributed by atoms with Crippen molar-refractivity contribution in [1.82, 2.24) is 5.32 Å². The van der Waals surface area contributed by atoms with Gasteiger partial charge < -0.3 is 24.5 Å². The number of rotatable bonds is 6. The van der Waals surface area contributed by atoms with Crippen molar-refractivity contribution in [2.75, 3.05) is 18.5 Å². The molecule has 2 N–H and O–H groups in total. The lowest BCUT2D eigenvalue weighted by Crippen LogP contribution is -2.27. The molecule has 6 nitrogen and oxygen atoms in total. The van der Waals surface area contributed by atoms with Crippen LogP contribution in [0.5, 0.6) is 5.75 Å². The number of nitrogens with one attached hydrogen (secondary N) is 2. The molecule has 23 heavy (non-hydrogen) atoms. The number of furan rings is 1. The number of carbonyl (C=O) groups excluding carboxylic acids is 1. The Morgan fingerprint density at radius 1 is 1.26 bits per heavy atom. The number of anilines is 1. The Morgan fingerprint density at radius 2 is 2.13 bits per heavy atom. The first kappa shape index (κ1) is 15.4. The predicted octanol–water partition coefficient (Wildman–Crippen LogP) is 3.16. The summed E-state index contributed by atoms with van der Waals surface area (Å²) in [5, 5.41) is 5.52. The molecule has 122 valence electrons. The molecule has 1 aliphatic rings. The van der Waals surface area contributed by atoms with E-state index in [1.807, 2.05) is 24.3 Å². The first-order chi connectivity index (χ1) is 11.3. The van der Waals surface area contributed by atoms with Crippen molar-refractivity contribution in [3.05, 3.63) is 48.4 Å². The topological polar surface area (TPSA) is 72.7 Å². The molecule has 6 heteroatoms. The number of ether oxygens (including phenoxy) is 2. The van der Waals surface area contributed by atoms with Gasteiger partial charge in [0.2, 0.25) is 0 Å². The molecule has 2 aromatic rings. The number of hydrogen-bond acceptors (Lipinski definition) is 4. The van der Waals surface area contributed by atoms with E-state index in [1.165, 1.54) is 0 Å². The van der Waals surface area contributed by atoms with Crippen molar-refractivity contribution < 1.29 is 18.7 Å². The van der Waals surface area contributed by atoms with Gasteiger partial charge in [-0.2, -0.15) is 0 Å². The third-order valence-corrected chi connectivity index (χ3v) is 3.61. The summed E-state index contributed by atoms with van der Waals surface area (Å²) in [5.41, 5.74) is 1.62. The summed E-state index contributed by atoms with van der Waals surface area (Å²) in [6.45, 7) is 1.81. The molecule has 1 aromatic carbocycles. The van der Waals surface area contributed by atoms with Crippen LogP contribution in [0.1, 0.15) is 18.4 Å². The van der Waals surface area contributed by atoms with E-state index in [4.69, 9.17) is 13.9 Å². The summed E-state index contributed by atoms with van der Waals surface area (Å²) in [6, 6.07) is 8.82. The van der Waals surface area contributed by atoms with E-state index in [0.29, 0.717) is 18.8 Å². The highest BCUT2D eigenvalue weighted by atomic mass is 16.5. The molecule has 1 aromatic heterocycles. The molecule has 0 bridgehead atoms. The Bertz CT molecular complexity index is 604. The Labute approximate surface area is 134 Å². The smallest absolute Gasteiger partial charge is 0.319 e. The van der Waals surface area contributed by atoms with Crippen LogP contribution in [0.2, 0.25) is 0 Å². The van der Waals surface area contributed by atoms with Gasteiger partial charge in [-0.05, 0) is 43.2 Å². The van der Waals surface area contributed by atoms with Gasteiger partial charge in [-0.1, -0.05) is 0 Å². The first-order valence-corrected chi connectivity index (χ1v) is 7.70. The minimum absolute atomic E-state index is 0.196. The first-order valence-electron chi connectivity index (χ1n) is 7.70. The van der Waals surface area contributed by atoms with Crippen molar-refractivity contribution in [3.63, 3.8) is 0 Å². The summed E-state index contributed by atoms with van der Waals surface area (Å²) >= 11 is 0. The average molecular weight is 316 g/mol. The molecule has 0 radical (unpaired) electrons. The average Bonchev–Trinajstić information content (AvgIpc) is 3.26. The molecule has 0 unspecified atom stereocenters. The summed E-state index contributed by atoms with van der Waals surface area (Å²) in [5.74, 6) is 0.768. The molecule has 0 spiro atoms. The number of amides is 2. The highest BCUT2D eigenvalue weighted by Crippen LogP contribution is 2.18. The van der Waals surface area contributed by atoms with Crippen molar-refractivity contribution in [2.45, 2.75) is 25.5 Å². The molecule has 0 saturated carbocycles. The fourth-order valence-corrected chi connectivity index (χ4v) is 2.35. The molecule has 1 atom stereocenters. The molecule has 1 fully saturated rings. The van der Waals surface area contributed by atoms with E-state index in [-0.39, 0.29) is 12.1 Å². The van der Waals surface area contributed by atoms with E-state index in [0.717, 1.165) is 30.8 Å². The van der Waals surface area contributed by atoms with E-state index >= 15 is 0 Å². The molecule has 1 aliphatic heterocycles. The fourth-order valence-electron chi connectivity index (χ4n) is 2.35. The third kappa shape index (κ3) is 4.75. The minimum atomic E-state index is -0.265. The second kappa shape index (κ2) is 7.69. The van der Waals surface area contributed by atoms with Gasteiger partial charge in [-0.25, -0.2) is 4.79 Å². The zero-order valence-electron chi connectivity index (χ0n) is 12.8. The second-order valence-electron chi connectivity index (χ2n) is 5.41. The number of urea groups is 1. The molecule has 1 saturated heterocycles. The van der Waals surface area contributed by atoms with Crippen LogP contribution in [0.3, 0.4) is 0 Å². The predicted molar refractivity (Wildman–Crippen MR) is 85.5 cm³/mol. The summed E-state index contributed by atoms with van der Waals surface area (Å²) < 4.78 is 16.1. The summed E-state index contributed by atoms with van der Waals surface area (Å²) in [6.07, 6.45) is 5.52. The molecule has 2 amide bonds. The van der Waals surface area contributed by atoms with Crippen molar-refractivity contribution in [1.29, 1.82) is 0 Å². The highest BCUT2D eigenvalue weighted by molar-refractivity contribution is 5.89. The van der Waals surface area contributed by atoms with Crippen LogP contribution in [0.25, 0.3) is 0 Å². The van der Waals surface area contributed by atoms with E-state index < -0.39 is 0 Å². The van der Waals surface area contributed by atoms with Gasteiger partial charge in [0.1, 0.15) is 12.4 Å². The largest absolute Gasteiger partial charge is 0.491 e. The highest BCUT2D eigenvalue weighted by Gasteiger charge is 2.15. The van der Waals surface area contributed by atoms with Crippen LogP contribution in [0, 0.1) is 0 Å². The van der Waals surface area contributed by atoms with Gasteiger partial charge in [0.05, 0.1) is 18.6 Å². The molecule has 3 rings (SSSR count). The number of hydrogen-bond donors (Lipinski definition) is 2. The molecular formula is C17H20N2O4. The lowest BCUT2D eigenvalue weighted by molar-refractivity contribution is 0.0679. The number of benzene rings is 1. The normalized spacial score (nSPS) is 17.0. The second-order valence-corrected chi connectivity index (χ2v) is 5.41. The van der Waals surface area contributed by atoms with Crippen LogP contribution in [0.4, 0.5) is 10.5 Å². The Morgan fingerprint density at radius 3 is 2.83 bits per heavy atom. The van der Waals surface area contributed by atoms with Gasteiger partial charge in [-0.3, -0.25) is 0 Å². The maximum Gasteiger partial charge on any atom is 0.319 e. The zero-order valence-corrected chi connectivity index (χ0v) is 12.8. The van der Waals surface area contributed by atoms with Crippen molar-refractivity contribution >= 4 is 11.7 Å². The standard InChI is InChI=1S/C17H20N2O4/c20-17(18-10-13-7-9-21-11-13)19-14-3-5-15(6-4-14)23-12-16-2-1-8-22-16/h3-7,9,11,16H,1-2,8,10,12H2,(H2,18,19,20)/t16-/m0/s1. The monoisotopic (exact) mass is 316 g/mol.